The van der Waals surface area contributed by atoms with E-state index < -0.39 is 0 Å². The first kappa shape index (κ1) is 23.4. The van der Waals surface area contributed by atoms with Crippen molar-refractivity contribution in [3.05, 3.63) is 41.5 Å². The topological polar surface area (TPSA) is 40.5 Å². The summed E-state index contributed by atoms with van der Waals surface area (Å²) >= 11 is 0. The fourth-order valence-corrected chi connectivity index (χ4v) is 6.24. The summed E-state index contributed by atoms with van der Waals surface area (Å²) in [5.74, 6) is 2.80. The Hall–Kier alpha value is -1.28. The summed E-state index contributed by atoms with van der Waals surface area (Å²) in [7, 11) is 0. The SMILES string of the molecule is CCCCCC(CO)c1cc(O)cc(CC2CCCC(C3(C)C=CCC(C)C3)C2)c1. The highest BCUT2D eigenvalue weighted by atomic mass is 16.3. The summed E-state index contributed by atoms with van der Waals surface area (Å²) in [6, 6.07) is 6.09. The number of phenolic OH excluding ortho intramolecular Hbond substituents is 1. The van der Waals surface area contributed by atoms with Crippen molar-refractivity contribution in [3.8, 4) is 5.75 Å². The van der Waals surface area contributed by atoms with Crippen LogP contribution in [0.15, 0.2) is 30.4 Å². The van der Waals surface area contributed by atoms with Crippen LogP contribution >= 0.6 is 0 Å². The fourth-order valence-electron chi connectivity index (χ4n) is 6.24. The standard InChI is InChI=1S/C28H44O2/c1-4-5-6-11-24(20-29)25-15-23(17-27(30)18-25)14-22-10-7-12-26(16-22)28(3)13-8-9-21(2)19-28/h8,13,15,17-18,21-22,24,26,29-30H,4-7,9-12,14,16,19-20H2,1-3H3. The molecule has 0 amide bonds. The van der Waals surface area contributed by atoms with Crippen LogP contribution in [-0.2, 0) is 6.42 Å². The number of benzene rings is 1. The number of hydrogen-bond donors (Lipinski definition) is 2. The van der Waals surface area contributed by atoms with Crippen molar-refractivity contribution in [3.63, 3.8) is 0 Å². The molecule has 30 heavy (non-hydrogen) atoms. The minimum absolute atomic E-state index is 0.147. The molecule has 2 heteroatoms. The molecule has 0 saturated heterocycles. The number of unbranched alkanes of at least 4 members (excludes halogenated alkanes) is 2. The highest BCUT2D eigenvalue weighted by Gasteiger charge is 2.37. The Morgan fingerprint density at radius 1 is 1.17 bits per heavy atom. The van der Waals surface area contributed by atoms with Crippen LogP contribution in [0.3, 0.4) is 0 Å². The quantitative estimate of drug-likeness (QED) is 0.328. The molecule has 0 spiro atoms. The molecule has 5 unspecified atom stereocenters. The van der Waals surface area contributed by atoms with Gasteiger partial charge in [-0.3, -0.25) is 0 Å². The second-order valence-corrected chi connectivity index (χ2v) is 10.7. The first-order valence-electron chi connectivity index (χ1n) is 12.5. The maximum atomic E-state index is 10.4. The summed E-state index contributed by atoms with van der Waals surface area (Å²) in [6.45, 7) is 7.26. The van der Waals surface area contributed by atoms with Gasteiger partial charge in [-0.1, -0.05) is 71.1 Å². The van der Waals surface area contributed by atoms with Crippen LogP contribution in [0.1, 0.15) is 102 Å². The molecule has 0 bridgehead atoms. The van der Waals surface area contributed by atoms with Gasteiger partial charge in [0.05, 0.1) is 0 Å². The largest absolute Gasteiger partial charge is 0.508 e. The summed E-state index contributed by atoms with van der Waals surface area (Å²) in [4.78, 5) is 0. The van der Waals surface area contributed by atoms with Crippen molar-refractivity contribution in [1.82, 2.24) is 0 Å². The van der Waals surface area contributed by atoms with Gasteiger partial charge in [-0.05, 0) is 85.0 Å². The van der Waals surface area contributed by atoms with Crippen molar-refractivity contribution in [2.45, 2.75) is 97.3 Å². The Morgan fingerprint density at radius 3 is 2.73 bits per heavy atom. The van der Waals surface area contributed by atoms with Crippen LogP contribution in [0, 0.1) is 23.2 Å². The minimum atomic E-state index is 0.147. The number of phenols is 1. The molecule has 1 saturated carbocycles. The summed E-state index contributed by atoms with van der Waals surface area (Å²) < 4.78 is 0. The summed E-state index contributed by atoms with van der Waals surface area (Å²) in [5.41, 5.74) is 2.73. The van der Waals surface area contributed by atoms with Gasteiger partial charge in [0.25, 0.3) is 0 Å². The number of hydrogen-bond acceptors (Lipinski definition) is 2. The van der Waals surface area contributed by atoms with Crippen molar-refractivity contribution in [2.75, 3.05) is 6.61 Å². The van der Waals surface area contributed by atoms with E-state index >= 15 is 0 Å². The normalized spacial score (nSPS) is 30.3. The van der Waals surface area contributed by atoms with Gasteiger partial charge < -0.3 is 10.2 Å². The van der Waals surface area contributed by atoms with E-state index in [1.54, 1.807) is 0 Å². The maximum absolute atomic E-state index is 10.4. The van der Waals surface area contributed by atoms with E-state index in [9.17, 15) is 10.2 Å². The average molecular weight is 413 g/mol. The molecule has 0 heterocycles. The van der Waals surface area contributed by atoms with Crippen LogP contribution in [0.2, 0.25) is 0 Å². The van der Waals surface area contributed by atoms with Gasteiger partial charge in [0, 0.05) is 12.5 Å². The Morgan fingerprint density at radius 2 is 2.00 bits per heavy atom. The smallest absolute Gasteiger partial charge is 0.116 e. The Balaban J connectivity index is 1.67. The third-order valence-electron chi connectivity index (χ3n) is 7.91. The van der Waals surface area contributed by atoms with Gasteiger partial charge in [0.2, 0.25) is 0 Å². The predicted molar refractivity (Wildman–Crippen MR) is 127 cm³/mol. The van der Waals surface area contributed by atoms with Crippen molar-refractivity contribution in [2.24, 2.45) is 23.2 Å². The van der Waals surface area contributed by atoms with Crippen LogP contribution in [0.25, 0.3) is 0 Å². The summed E-state index contributed by atoms with van der Waals surface area (Å²) in [5, 5.41) is 20.3. The highest BCUT2D eigenvalue weighted by molar-refractivity contribution is 5.36. The molecule has 2 aliphatic rings. The number of aromatic hydroxyl groups is 1. The van der Waals surface area contributed by atoms with Gasteiger partial charge in [-0.2, -0.15) is 0 Å². The van der Waals surface area contributed by atoms with E-state index in [4.69, 9.17) is 0 Å². The van der Waals surface area contributed by atoms with Gasteiger partial charge >= 0.3 is 0 Å². The van der Waals surface area contributed by atoms with Crippen molar-refractivity contribution in [1.29, 1.82) is 0 Å². The number of aliphatic hydroxyl groups is 1. The molecular formula is C28H44O2. The highest BCUT2D eigenvalue weighted by Crippen LogP contribution is 2.48. The first-order valence-corrected chi connectivity index (χ1v) is 12.5. The first-order chi connectivity index (χ1) is 14.4. The molecule has 2 N–H and O–H groups in total. The van der Waals surface area contributed by atoms with E-state index in [0.29, 0.717) is 17.1 Å². The Labute approximate surface area is 184 Å². The molecule has 1 aromatic carbocycles. The van der Waals surface area contributed by atoms with E-state index in [-0.39, 0.29) is 12.5 Å². The van der Waals surface area contributed by atoms with Crippen LogP contribution in [-0.4, -0.2) is 16.8 Å². The van der Waals surface area contributed by atoms with Crippen LogP contribution < -0.4 is 0 Å². The monoisotopic (exact) mass is 412 g/mol. The lowest BCUT2D eigenvalue weighted by Gasteiger charge is -2.43. The zero-order valence-electron chi connectivity index (χ0n) is 19.6. The number of aliphatic hydroxyl groups excluding tert-OH is 1. The second kappa shape index (κ2) is 10.8. The van der Waals surface area contributed by atoms with Gasteiger partial charge in [0.1, 0.15) is 5.75 Å². The van der Waals surface area contributed by atoms with Gasteiger partial charge in [0.15, 0.2) is 0 Å². The Kier molecular flexibility index (Phi) is 8.45. The second-order valence-electron chi connectivity index (χ2n) is 10.7. The van der Waals surface area contributed by atoms with E-state index in [0.717, 1.165) is 36.7 Å². The molecule has 168 valence electrons. The van der Waals surface area contributed by atoms with Gasteiger partial charge in [-0.15, -0.1) is 0 Å². The van der Waals surface area contributed by atoms with E-state index in [1.165, 1.54) is 56.9 Å². The van der Waals surface area contributed by atoms with Crippen molar-refractivity contribution >= 4 is 0 Å². The number of allylic oxidation sites excluding steroid dienone is 2. The molecule has 3 rings (SSSR count). The molecule has 0 aromatic heterocycles. The maximum Gasteiger partial charge on any atom is 0.116 e. The van der Waals surface area contributed by atoms with E-state index in [1.807, 2.05) is 12.1 Å². The lowest BCUT2D eigenvalue weighted by Crippen LogP contribution is -2.33. The fraction of sp³-hybridized carbons (Fsp3) is 0.714. The molecule has 1 aromatic rings. The van der Waals surface area contributed by atoms with Crippen LogP contribution in [0.4, 0.5) is 0 Å². The minimum Gasteiger partial charge on any atom is -0.508 e. The summed E-state index contributed by atoms with van der Waals surface area (Å²) in [6.07, 6.45) is 18.4. The lowest BCUT2D eigenvalue weighted by molar-refractivity contribution is 0.119. The Bertz CT molecular complexity index is 694. The third kappa shape index (κ3) is 6.13. The van der Waals surface area contributed by atoms with Crippen molar-refractivity contribution < 1.29 is 10.2 Å². The average Bonchev–Trinajstić information content (AvgIpc) is 2.71. The number of rotatable bonds is 9. The lowest BCUT2D eigenvalue weighted by atomic mass is 9.61. The zero-order chi connectivity index (χ0) is 21.6. The molecule has 5 atom stereocenters. The molecule has 0 radical (unpaired) electrons. The third-order valence-corrected chi connectivity index (χ3v) is 7.91. The molecule has 2 nitrogen and oxygen atoms in total. The molecule has 0 aliphatic heterocycles. The molecular weight excluding hydrogens is 368 g/mol. The van der Waals surface area contributed by atoms with Crippen LogP contribution in [0.5, 0.6) is 5.75 Å². The molecule has 1 fully saturated rings. The predicted octanol–water partition coefficient (Wildman–Crippen LogP) is 7.39. The molecule has 2 aliphatic carbocycles. The zero-order valence-corrected chi connectivity index (χ0v) is 19.6. The van der Waals surface area contributed by atoms with E-state index in [2.05, 4.69) is 39.0 Å². The van der Waals surface area contributed by atoms with Gasteiger partial charge in [-0.25, -0.2) is 0 Å².